The van der Waals surface area contributed by atoms with Crippen LogP contribution in [0.4, 0.5) is 28.8 Å². The third-order valence-corrected chi connectivity index (χ3v) is 9.32. The molecule has 2 aromatic heterocycles. The first-order chi connectivity index (χ1) is 18.7. The Hall–Kier alpha value is -3.27. The molecule has 0 atom stereocenters. The van der Waals surface area contributed by atoms with Crippen LogP contribution in [-0.2, 0) is 11.0 Å². The van der Waals surface area contributed by atoms with Gasteiger partial charge in [-0.3, -0.25) is 9.97 Å². The van der Waals surface area contributed by atoms with Gasteiger partial charge in [0.15, 0.2) is 0 Å². The lowest BCUT2D eigenvalue weighted by atomic mass is 10.1. The lowest BCUT2D eigenvalue weighted by molar-refractivity contribution is 0.185. The molecule has 2 N–H and O–H groups in total. The van der Waals surface area contributed by atoms with Gasteiger partial charge in [-0.15, -0.1) is 0 Å². The fourth-order valence-electron chi connectivity index (χ4n) is 5.38. The van der Waals surface area contributed by atoms with E-state index >= 15 is 0 Å². The molecule has 4 aromatic rings. The molecule has 0 aliphatic carbocycles. The first-order valence-electron chi connectivity index (χ1n) is 12.7. The van der Waals surface area contributed by atoms with Crippen LogP contribution < -0.4 is 25.6 Å². The average molecular weight is 609 g/mol. The van der Waals surface area contributed by atoms with Crippen molar-refractivity contribution in [2.75, 3.05) is 62.7 Å². The highest BCUT2D eigenvalue weighted by Crippen LogP contribution is 2.42. The number of rotatable bonds is 7. The summed E-state index contributed by atoms with van der Waals surface area (Å²) in [7, 11) is 1.12. The van der Waals surface area contributed by atoms with Gasteiger partial charge >= 0.3 is 0 Å². The summed E-state index contributed by atoms with van der Waals surface area (Å²) < 4.78 is 19.7. The number of halogens is 1. The number of nitrogens with zero attached hydrogens (tertiary/aromatic N) is 6. The van der Waals surface area contributed by atoms with Gasteiger partial charge in [-0.05, 0) is 66.5 Å². The van der Waals surface area contributed by atoms with Crippen LogP contribution >= 0.6 is 23.1 Å². The summed E-state index contributed by atoms with van der Waals surface area (Å²) in [6.45, 7) is 6.64. The quantitative estimate of drug-likeness (QED) is 0.289. The number of likely N-dealkylation sites (N-methyl/N-ethyl adjacent to an activating group) is 1. The second-order valence-corrected chi connectivity index (χ2v) is 14.4. The second-order valence-electron chi connectivity index (χ2n) is 10.4. The first-order valence-corrected chi connectivity index (χ1v) is 16.1. The molecule has 10 nitrogen and oxygen atoms in total. The molecule has 39 heavy (non-hydrogen) atoms. The van der Waals surface area contributed by atoms with E-state index < -0.39 is 7.14 Å². The molecular weight excluding hydrogens is 579 g/mol. The minimum Gasteiger partial charge on any atom is -0.494 e. The maximum atomic E-state index is 13.3. The number of ether oxygens (including phenoxy) is 1. The summed E-state index contributed by atoms with van der Waals surface area (Å²) in [5, 5.41) is 7.33. The van der Waals surface area contributed by atoms with Crippen LogP contribution in [0.15, 0.2) is 47.3 Å². The Bertz CT molecular complexity index is 1620. The smallest absolute Gasteiger partial charge is 0.229 e. The fourth-order valence-corrected chi connectivity index (χ4v) is 7.07. The zero-order chi connectivity index (χ0) is 27.3. The highest BCUT2D eigenvalue weighted by molar-refractivity contribution is 9.10. The number of nitrogens with one attached hydrogen (secondary N) is 2. The Labute approximate surface area is 235 Å². The molecule has 2 aliphatic heterocycles. The zero-order valence-electron chi connectivity index (χ0n) is 22.3. The number of hydrogen-bond donors (Lipinski definition) is 2. The fraction of sp³-hybridized carbons (Fsp3) is 0.333. The summed E-state index contributed by atoms with van der Waals surface area (Å²) in [5.41, 5.74) is 5.31. The number of anilines is 5. The Balaban J connectivity index is 1.31. The molecule has 0 unspecified atom stereocenters. The predicted molar refractivity (Wildman–Crippen MR) is 160 cm³/mol. The molecule has 0 spiro atoms. The second kappa shape index (κ2) is 10.0. The van der Waals surface area contributed by atoms with Gasteiger partial charge in [0, 0.05) is 50.0 Å². The van der Waals surface area contributed by atoms with Crippen LogP contribution in [0.5, 0.6) is 5.75 Å². The molecule has 0 saturated carbocycles. The van der Waals surface area contributed by atoms with Gasteiger partial charge in [0.25, 0.3) is 0 Å². The highest BCUT2D eigenvalue weighted by Gasteiger charge is 2.34. The number of aromatic nitrogens is 4. The van der Waals surface area contributed by atoms with E-state index in [9.17, 15) is 4.57 Å². The van der Waals surface area contributed by atoms with Crippen molar-refractivity contribution in [3.63, 3.8) is 0 Å². The van der Waals surface area contributed by atoms with E-state index in [0.717, 1.165) is 37.5 Å². The molecule has 0 amide bonds. The van der Waals surface area contributed by atoms with Gasteiger partial charge in [0.05, 0.1) is 39.8 Å². The van der Waals surface area contributed by atoms with Gasteiger partial charge in [0.1, 0.15) is 24.2 Å². The average Bonchev–Trinajstić information content (AvgIpc) is 3.29. The SMILES string of the molecule is COc1cc2c(cc1Nc1ncc(Br)c(Nc3ccc4nccnc4c3P(C)(C)=O)n1)CCN2C1CN(C)C1. The lowest BCUT2D eigenvalue weighted by Crippen LogP contribution is -2.57. The molecule has 0 bridgehead atoms. The molecular formula is C27H30BrN8O2P. The van der Waals surface area contributed by atoms with E-state index in [-0.39, 0.29) is 0 Å². The number of methoxy groups -OCH3 is 1. The molecule has 6 rings (SSSR count). The molecule has 1 saturated heterocycles. The summed E-state index contributed by atoms with van der Waals surface area (Å²) in [6, 6.07) is 8.53. The summed E-state index contributed by atoms with van der Waals surface area (Å²) in [5.74, 6) is 1.68. The van der Waals surface area contributed by atoms with Crippen LogP contribution in [0.3, 0.4) is 0 Å². The normalized spacial score (nSPS) is 15.8. The molecule has 202 valence electrons. The number of likely N-dealkylation sites (tertiary alicyclic amines) is 1. The molecule has 2 aromatic carbocycles. The van der Waals surface area contributed by atoms with Crippen molar-refractivity contribution in [2.45, 2.75) is 12.5 Å². The minimum atomic E-state index is -2.72. The molecule has 0 radical (unpaired) electrons. The van der Waals surface area contributed by atoms with Crippen LogP contribution in [0.25, 0.3) is 11.0 Å². The summed E-state index contributed by atoms with van der Waals surface area (Å²) >= 11 is 3.56. The topological polar surface area (TPSA) is 108 Å². The third-order valence-electron chi connectivity index (χ3n) is 7.21. The standard InChI is InChI=1S/C27H30BrN8O2P/c1-35-14-17(15-35)36-10-7-16-11-21(23(38-2)12-22(16)36)33-27-31-13-18(28)26(34-27)32-20-6-5-19-24(30-9-8-29-19)25(20)39(3,4)37/h5-6,8-9,11-13,17H,7,10,14-15H2,1-4H3,(H2,31,32,33,34). The molecule has 2 aliphatic rings. The Kier molecular flexibility index (Phi) is 6.69. The van der Waals surface area contributed by atoms with E-state index in [2.05, 4.69) is 70.5 Å². The number of fused-ring (bicyclic) bond motifs is 2. The molecule has 4 heterocycles. The maximum Gasteiger partial charge on any atom is 0.229 e. The van der Waals surface area contributed by atoms with Gasteiger partial charge in [0.2, 0.25) is 5.95 Å². The number of hydrogen-bond acceptors (Lipinski definition) is 10. The maximum absolute atomic E-state index is 13.3. The van der Waals surface area contributed by atoms with Crippen molar-refractivity contribution in [1.29, 1.82) is 0 Å². The van der Waals surface area contributed by atoms with Crippen molar-refractivity contribution >= 4 is 68.2 Å². The molecule has 12 heteroatoms. The van der Waals surface area contributed by atoms with Gasteiger partial charge in [-0.25, -0.2) is 4.98 Å². The largest absolute Gasteiger partial charge is 0.494 e. The Morgan fingerprint density at radius 1 is 1.08 bits per heavy atom. The van der Waals surface area contributed by atoms with Crippen molar-refractivity contribution in [1.82, 2.24) is 24.8 Å². The van der Waals surface area contributed by atoms with Crippen molar-refractivity contribution in [3.05, 3.63) is 52.9 Å². The van der Waals surface area contributed by atoms with E-state index in [0.29, 0.717) is 44.3 Å². The van der Waals surface area contributed by atoms with Gasteiger partial charge < -0.3 is 29.7 Å². The zero-order valence-corrected chi connectivity index (χ0v) is 24.8. The minimum absolute atomic E-state index is 0.410. The van der Waals surface area contributed by atoms with E-state index in [1.165, 1.54) is 11.3 Å². The van der Waals surface area contributed by atoms with Gasteiger partial charge in [-0.2, -0.15) is 4.98 Å². The first kappa shape index (κ1) is 26.0. The molecule has 1 fully saturated rings. The van der Waals surface area contributed by atoms with Crippen molar-refractivity contribution in [3.8, 4) is 5.75 Å². The van der Waals surface area contributed by atoms with Gasteiger partial charge in [-0.1, -0.05) is 0 Å². The predicted octanol–water partition coefficient (Wildman–Crippen LogP) is 4.60. The summed E-state index contributed by atoms with van der Waals surface area (Å²) in [6.07, 6.45) is 5.92. The van der Waals surface area contributed by atoms with Crippen molar-refractivity contribution in [2.24, 2.45) is 0 Å². The van der Waals surface area contributed by atoms with E-state index in [1.807, 2.05) is 12.1 Å². The lowest BCUT2D eigenvalue weighted by Gasteiger charge is -2.43. The van der Waals surface area contributed by atoms with Crippen LogP contribution in [-0.4, -0.2) is 78.0 Å². The van der Waals surface area contributed by atoms with Crippen molar-refractivity contribution < 1.29 is 9.30 Å². The third kappa shape index (κ3) is 4.95. The van der Waals surface area contributed by atoms with E-state index in [4.69, 9.17) is 9.72 Å². The Morgan fingerprint density at radius 3 is 2.62 bits per heavy atom. The number of benzene rings is 2. The Morgan fingerprint density at radius 2 is 1.87 bits per heavy atom. The monoisotopic (exact) mass is 608 g/mol. The summed E-state index contributed by atoms with van der Waals surface area (Å²) in [4.78, 5) is 22.9. The van der Waals surface area contributed by atoms with Crippen LogP contribution in [0, 0.1) is 0 Å². The van der Waals surface area contributed by atoms with Crippen LogP contribution in [0.2, 0.25) is 0 Å². The highest BCUT2D eigenvalue weighted by atomic mass is 79.9. The van der Waals surface area contributed by atoms with Crippen LogP contribution in [0.1, 0.15) is 5.56 Å². The van der Waals surface area contributed by atoms with E-state index in [1.54, 1.807) is 39.0 Å².